The summed E-state index contributed by atoms with van der Waals surface area (Å²) in [5.41, 5.74) is 1.64. The van der Waals surface area contributed by atoms with Crippen LogP contribution >= 0.6 is 0 Å². The zero-order valence-corrected chi connectivity index (χ0v) is 18.6. The Labute approximate surface area is 177 Å². The molecule has 6 nitrogen and oxygen atoms in total. The molecule has 30 heavy (non-hydrogen) atoms. The molecule has 0 aliphatic carbocycles. The Hall–Kier alpha value is -2.61. The molecule has 0 radical (unpaired) electrons. The molecule has 162 valence electrons. The van der Waals surface area contributed by atoms with E-state index in [1.54, 1.807) is 0 Å². The predicted molar refractivity (Wildman–Crippen MR) is 115 cm³/mol. The lowest BCUT2D eigenvalue weighted by molar-refractivity contribution is -0.123. The van der Waals surface area contributed by atoms with Crippen molar-refractivity contribution in [3.8, 4) is 5.75 Å². The van der Waals surface area contributed by atoms with Crippen molar-refractivity contribution < 1.29 is 22.3 Å². The summed E-state index contributed by atoms with van der Waals surface area (Å²) in [6.45, 7) is 7.36. The summed E-state index contributed by atoms with van der Waals surface area (Å²) in [4.78, 5) is 13.1. The van der Waals surface area contributed by atoms with Gasteiger partial charge in [-0.1, -0.05) is 17.7 Å². The standard InChI is InChI=1S/C22H27FN2O4S/c1-14-6-11-20-18(12-14)19(13-22(3,4)29-20)24-21(26)15(2)25(30(5,27)28)17-9-7-16(23)8-10-17/h6-12,15,19H,13H2,1-5H3,(H,24,26)/t15-,19+/m0/s1. The summed E-state index contributed by atoms with van der Waals surface area (Å²) in [6.07, 6.45) is 1.56. The van der Waals surface area contributed by atoms with Crippen LogP contribution in [0.3, 0.4) is 0 Å². The lowest BCUT2D eigenvalue weighted by atomic mass is 9.89. The van der Waals surface area contributed by atoms with Gasteiger partial charge in [-0.25, -0.2) is 12.8 Å². The molecule has 1 amide bonds. The molecule has 3 rings (SSSR count). The number of sulfonamides is 1. The van der Waals surface area contributed by atoms with Gasteiger partial charge in [-0.15, -0.1) is 0 Å². The molecule has 0 aromatic heterocycles. The molecular formula is C22H27FN2O4S. The van der Waals surface area contributed by atoms with Crippen LogP contribution in [0.15, 0.2) is 42.5 Å². The van der Waals surface area contributed by atoms with Crippen molar-refractivity contribution in [1.82, 2.24) is 5.32 Å². The summed E-state index contributed by atoms with van der Waals surface area (Å²) < 4.78 is 45.2. The van der Waals surface area contributed by atoms with E-state index in [9.17, 15) is 17.6 Å². The molecule has 0 saturated carbocycles. The fourth-order valence-corrected chi connectivity index (χ4v) is 4.97. The minimum absolute atomic E-state index is 0.227. The van der Waals surface area contributed by atoms with Gasteiger partial charge in [0, 0.05) is 12.0 Å². The third kappa shape index (κ3) is 4.75. The number of carbonyl (C=O) groups is 1. The van der Waals surface area contributed by atoms with Crippen molar-refractivity contribution in [1.29, 1.82) is 0 Å². The van der Waals surface area contributed by atoms with E-state index in [4.69, 9.17) is 4.74 Å². The molecule has 1 N–H and O–H groups in total. The lowest BCUT2D eigenvalue weighted by Crippen LogP contribution is -2.50. The van der Waals surface area contributed by atoms with Crippen molar-refractivity contribution in [2.45, 2.75) is 51.8 Å². The van der Waals surface area contributed by atoms with Gasteiger partial charge >= 0.3 is 0 Å². The van der Waals surface area contributed by atoms with E-state index in [1.807, 2.05) is 39.0 Å². The Bertz CT molecular complexity index is 1050. The van der Waals surface area contributed by atoms with Crippen LogP contribution in [0.1, 0.15) is 44.4 Å². The van der Waals surface area contributed by atoms with Gasteiger partial charge in [0.05, 0.1) is 18.0 Å². The highest BCUT2D eigenvalue weighted by molar-refractivity contribution is 7.92. The van der Waals surface area contributed by atoms with E-state index in [0.29, 0.717) is 12.2 Å². The molecule has 2 aromatic rings. The molecule has 8 heteroatoms. The predicted octanol–water partition coefficient (Wildman–Crippen LogP) is 3.71. The molecule has 1 heterocycles. The first kappa shape index (κ1) is 22.1. The first-order chi connectivity index (χ1) is 13.9. The maximum Gasteiger partial charge on any atom is 0.244 e. The van der Waals surface area contributed by atoms with E-state index in [1.165, 1.54) is 19.1 Å². The first-order valence-electron chi connectivity index (χ1n) is 9.72. The van der Waals surface area contributed by atoms with E-state index in [-0.39, 0.29) is 11.7 Å². The molecular weight excluding hydrogens is 407 g/mol. The number of amides is 1. The van der Waals surface area contributed by atoms with Crippen molar-refractivity contribution in [2.24, 2.45) is 0 Å². The molecule has 1 aliphatic heterocycles. The maximum atomic E-state index is 13.3. The van der Waals surface area contributed by atoms with E-state index in [2.05, 4.69) is 5.32 Å². The molecule has 0 saturated heterocycles. The van der Waals surface area contributed by atoms with Crippen LogP contribution in [0.2, 0.25) is 0 Å². The molecule has 2 aromatic carbocycles. The molecule has 1 aliphatic rings. The summed E-state index contributed by atoms with van der Waals surface area (Å²) in [6, 6.07) is 9.47. The van der Waals surface area contributed by atoms with Crippen LogP contribution in [-0.4, -0.2) is 32.2 Å². The highest BCUT2D eigenvalue weighted by Crippen LogP contribution is 2.40. The number of anilines is 1. The second-order valence-electron chi connectivity index (χ2n) is 8.38. The average molecular weight is 435 g/mol. The Morgan fingerprint density at radius 2 is 1.87 bits per heavy atom. The molecule has 2 atom stereocenters. The van der Waals surface area contributed by atoms with Gasteiger partial charge in [0.25, 0.3) is 0 Å². The van der Waals surface area contributed by atoms with Crippen LogP contribution in [0, 0.1) is 12.7 Å². The Morgan fingerprint density at radius 3 is 2.47 bits per heavy atom. The maximum absolute atomic E-state index is 13.3. The summed E-state index contributed by atoms with van der Waals surface area (Å²) in [5.74, 6) is -0.228. The zero-order valence-electron chi connectivity index (χ0n) is 17.8. The Kier molecular flexibility index (Phi) is 5.82. The second kappa shape index (κ2) is 7.91. The minimum Gasteiger partial charge on any atom is -0.487 e. The summed E-state index contributed by atoms with van der Waals surface area (Å²) >= 11 is 0. The van der Waals surface area contributed by atoms with Gasteiger partial charge in [0.15, 0.2) is 0 Å². The van der Waals surface area contributed by atoms with Crippen LogP contribution in [0.5, 0.6) is 5.75 Å². The van der Waals surface area contributed by atoms with Gasteiger partial charge in [-0.3, -0.25) is 9.10 Å². The number of carbonyl (C=O) groups excluding carboxylic acids is 1. The van der Waals surface area contributed by atoms with Crippen molar-refractivity contribution in [3.05, 3.63) is 59.4 Å². The fraction of sp³-hybridized carbons (Fsp3) is 0.409. The fourth-order valence-electron chi connectivity index (χ4n) is 3.79. The van der Waals surface area contributed by atoms with Gasteiger partial charge in [0.1, 0.15) is 23.2 Å². The highest BCUT2D eigenvalue weighted by Gasteiger charge is 2.37. The lowest BCUT2D eigenvalue weighted by Gasteiger charge is -2.39. The molecule has 0 fully saturated rings. The molecule has 0 unspecified atom stereocenters. The monoisotopic (exact) mass is 434 g/mol. The number of hydrogen-bond acceptors (Lipinski definition) is 4. The topological polar surface area (TPSA) is 75.7 Å². The van der Waals surface area contributed by atoms with Crippen molar-refractivity contribution in [2.75, 3.05) is 10.6 Å². The van der Waals surface area contributed by atoms with Gasteiger partial charge in [-0.2, -0.15) is 0 Å². The average Bonchev–Trinajstić information content (AvgIpc) is 2.62. The quantitative estimate of drug-likeness (QED) is 0.779. The third-order valence-corrected chi connectivity index (χ3v) is 6.35. The van der Waals surface area contributed by atoms with Crippen LogP contribution < -0.4 is 14.4 Å². The number of ether oxygens (including phenoxy) is 1. The van der Waals surface area contributed by atoms with E-state index < -0.39 is 33.4 Å². The minimum atomic E-state index is -3.78. The Balaban J connectivity index is 1.90. The number of hydrogen-bond donors (Lipinski definition) is 1. The van der Waals surface area contributed by atoms with Crippen LogP contribution in [-0.2, 0) is 14.8 Å². The first-order valence-corrected chi connectivity index (χ1v) is 11.6. The SMILES string of the molecule is Cc1ccc2c(c1)[C@H](NC(=O)[C@H](C)N(c1ccc(F)cc1)S(C)(=O)=O)CC(C)(C)O2. The highest BCUT2D eigenvalue weighted by atomic mass is 32.2. The number of fused-ring (bicyclic) bond motifs is 1. The van der Waals surface area contributed by atoms with E-state index in [0.717, 1.165) is 33.8 Å². The van der Waals surface area contributed by atoms with Gasteiger partial charge in [0.2, 0.25) is 15.9 Å². The smallest absolute Gasteiger partial charge is 0.244 e. The Morgan fingerprint density at radius 1 is 1.23 bits per heavy atom. The summed E-state index contributed by atoms with van der Waals surface area (Å²) in [5, 5.41) is 2.99. The summed E-state index contributed by atoms with van der Waals surface area (Å²) in [7, 11) is -3.78. The zero-order chi connectivity index (χ0) is 22.3. The molecule has 0 spiro atoms. The largest absolute Gasteiger partial charge is 0.487 e. The van der Waals surface area contributed by atoms with Gasteiger partial charge in [-0.05, 0) is 58.0 Å². The third-order valence-electron chi connectivity index (χ3n) is 5.11. The normalized spacial score (nSPS) is 18.7. The van der Waals surface area contributed by atoms with Crippen molar-refractivity contribution >= 4 is 21.6 Å². The van der Waals surface area contributed by atoms with Crippen LogP contribution in [0.25, 0.3) is 0 Å². The number of nitrogens with one attached hydrogen (secondary N) is 1. The number of aryl methyl sites for hydroxylation is 1. The number of benzene rings is 2. The molecule has 0 bridgehead atoms. The van der Waals surface area contributed by atoms with Crippen molar-refractivity contribution in [3.63, 3.8) is 0 Å². The number of halogens is 1. The number of rotatable bonds is 5. The van der Waals surface area contributed by atoms with Crippen LogP contribution in [0.4, 0.5) is 10.1 Å². The number of nitrogens with zero attached hydrogens (tertiary/aromatic N) is 1. The second-order valence-corrected chi connectivity index (χ2v) is 10.2. The van der Waals surface area contributed by atoms with E-state index >= 15 is 0 Å². The van der Waals surface area contributed by atoms with Gasteiger partial charge < -0.3 is 10.1 Å².